The molecule has 0 saturated carbocycles. The highest BCUT2D eigenvalue weighted by Crippen LogP contribution is 2.15. The molecular weight excluding hydrogens is 251 g/mol. The van der Waals surface area contributed by atoms with Gasteiger partial charge in [-0.3, -0.25) is 4.55 Å². The Morgan fingerprint density at radius 3 is 1.93 bits per heavy atom. The summed E-state index contributed by atoms with van der Waals surface area (Å²) < 4.78 is 66.7. The first kappa shape index (κ1) is 11.9. The Morgan fingerprint density at radius 2 is 1.53 bits per heavy atom. The van der Waals surface area contributed by atoms with Crippen molar-refractivity contribution >= 4 is 18.3 Å². The molecule has 0 aromatic heterocycles. The standard InChI is InChI=1S/C6H5FO6S2/c7-5-1-3-6(4-2-5)13-15(11,12)14(8,9)10/h1-4H,(H,8,9,10). The summed E-state index contributed by atoms with van der Waals surface area (Å²) in [7, 11) is -10.5. The molecule has 1 aromatic carbocycles. The monoisotopic (exact) mass is 256 g/mol. The maximum Gasteiger partial charge on any atom is 0.444 e. The van der Waals surface area contributed by atoms with Crippen molar-refractivity contribution < 1.29 is 30.0 Å². The maximum absolute atomic E-state index is 12.4. The van der Waals surface area contributed by atoms with Crippen LogP contribution in [0.3, 0.4) is 0 Å². The Bertz CT molecular complexity index is 544. The van der Waals surface area contributed by atoms with E-state index in [0.717, 1.165) is 24.3 Å². The molecule has 15 heavy (non-hydrogen) atoms. The van der Waals surface area contributed by atoms with Gasteiger partial charge in [0.25, 0.3) is 0 Å². The first-order valence-corrected chi connectivity index (χ1v) is 6.76. The van der Waals surface area contributed by atoms with Crippen LogP contribution in [0.5, 0.6) is 5.75 Å². The molecule has 0 saturated heterocycles. The molecule has 1 N–H and O–H groups in total. The van der Waals surface area contributed by atoms with Gasteiger partial charge in [0.15, 0.2) is 0 Å². The van der Waals surface area contributed by atoms with Crippen molar-refractivity contribution in [3.05, 3.63) is 30.1 Å². The molecule has 0 aliphatic rings. The molecule has 84 valence electrons. The van der Waals surface area contributed by atoms with Crippen LogP contribution in [0.25, 0.3) is 0 Å². The molecule has 0 aliphatic heterocycles. The zero-order valence-corrected chi connectivity index (χ0v) is 8.63. The number of benzene rings is 1. The van der Waals surface area contributed by atoms with Gasteiger partial charge in [0.1, 0.15) is 11.6 Å². The van der Waals surface area contributed by atoms with E-state index in [1.165, 1.54) is 0 Å². The van der Waals surface area contributed by atoms with Crippen LogP contribution in [0.1, 0.15) is 0 Å². The van der Waals surface area contributed by atoms with E-state index in [9.17, 15) is 21.2 Å². The molecule has 0 spiro atoms. The van der Waals surface area contributed by atoms with Crippen molar-refractivity contribution in [1.82, 2.24) is 0 Å². The van der Waals surface area contributed by atoms with E-state index in [-0.39, 0.29) is 0 Å². The first-order chi connectivity index (χ1) is 6.72. The van der Waals surface area contributed by atoms with Gasteiger partial charge < -0.3 is 4.18 Å². The summed E-state index contributed by atoms with van der Waals surface area (Å²) >= 11 is 0. The van der Waals surface area contributed by atoms with Gasteiger partial charge in [0.2, 0.25) is 0 Å². The SMILES string of the molecule is O=S(=O)(O)S(=O)(=O)Oc1ccc(F)cc1. The predicted molar refractivity (Wildman–Crippen MR) is 47.5 cm³/mol. The lowest BCUT2D eigenvalue weighted by molar-refractivity contribution is 0.462. The molecule has 0 fully saturated rings. The second kappa shape index (κ2) is 3.76. The zero-order valence-electron chi connectivity index (χ0n) is 6.99. The lowest BCUT2D eigenvalue weighted by Crippen LogP contribution is -2.20. The van der Waals surface area contributed by atoms with Crippen LogP contribution >= 0.6 is 0 Å². The normalized spacial score (nSPS) is 12.4. The largest absolute Gasteiger partial charge is 0.444 e. The molecule has 0 amide bonds. The summed E-state index contributed by atoms with van der Waals surface area (Å²) in [6.45, 7) is 0. The van der Waals surface area contributed by atoms with Crippen molar-refractivity contribution in [3.8, 4) is 5.75 Å². The molecule has 1 rings (SSSR count). The van der Waals surface area contributed by atoms with Crippen LogP contribution in [-0.2, 0) is 18.3 Å². The summed E-state index contributed by atoms with van der Waals surface area (Å²) in [4.78, 5) is 0. The fourth-order valence-electron chi connectivity index (χ4n) is 0.651. The Morgan fingerprint density at radius 1 is 1.07 bits per heavy atom. The zero-order chi connectivity index (χ0) is 11.7. The molecule has 0 bridgehead atoms. The number of hydrogen-bond acceptors (Lipinski definition) is 5. The third-order valence-corrected chi connectivity index (χ3v) is 3.93. The van der Waals surface area contributed by atoms with Gasteiger partial charge in [0, 0.05) is 0 Å². The predicted octanol–water partition coefficient (Wildman–Crippen LogP) is 0.337. The van der Waals surface area contributed by atoms with Crippen molar-refractivity contribution in [2.24, 2.45) is 0 Å². The fourth-order valence-corrected chi connectivity index (χ4v) is 1.58. The van der Waals surface area contributed by atoms with E-state index in [0.29, 0.717) is 0 Å². The van der Waals surface area contributed by atoms with E-state index in [1.54, 1.807) is 0 Å². The summed E-state index contributed by atoms with van der Waals surface area (Å²) in [5.41, 5.74) is 0. The summed E-state index contributed by atoms with van der Waals surface area (Å²) in [5.74, 6) is -1.07. The van der Waals surface area contributed by atoms with Crippen LogP contribution in [0.15, 0.2) is 24.3 Å². The minimum Gasteiger partial charge on any atom is -0.370 e. The molecule has 0 aliphatic carbocycles. The summed E-state index contributed by atoms with van der Waals surface area (Å²) in [6, 6.07) is 3.54. The fraction of sp³-hybridized carbons (Fsp3) is 0. The van der Waals surface area contributed by atoms with Crippen LogP contribution in [-0.4, -0.2) is 21.4 Å². The van der Waals surface area contributed by atoms with Gasteiger partial charge in [-0.1, -0.05) is 0 Å². The van der Waals surface area contributed by atoms with Gasteiger partial charge in [-0.2, -0.15) is 16.8 Å². The molecule has 0 atom stereocenters. The van der Waals surface area contributed by atoms with Crippen molar-refractivity contribution in [2.45, 2.75) is 0 Å². The van der Waals surface area contributed by atoms with E-state index in [1.807, 2.05) is 0 Å². The van der Waals surface area contributed by atoms with E-state index in [2.05, 4.69) is 4.18 Å². The topological polar surface area (TPSA) is 97.7 Å². The lowest BCUT2D eigenvalue weighted by atomic mass is 10.3. The lowest BCUT2D eigenvalue weighted by Gasteiger charge is -2.02. The smallest absolute Gasteiger partial charge is 0.370 e. The van der Waals surface area contributed by atoms with Crippen LogP contribution in [0.4, 0.5) is 4.39 Å². The molecule has 9 heteroatoms. The minimum absolute atomic E-state index is 0.422. The molecule has 0 radical (unpaired) electrons. The van der Waals surface area contributed by atoms with Crippen molar-refractivity contribution in [1.29, 1.82) is 0 Å². The third-order valence-electron chi connectivity index (χ3n) is 1.27. The highest BCUT2D eigenvalue weighted by Gasteiger charge is 2.29. The van der Waals surface area contributed by atoms with E-state index >= 15 is 0 Å². The third kappa shape index (κ3) is 2.88. The first-order valence-electron chi connectivity index (χ1n) is 3.40. The maximum atomic E-state index is 12.4. The Kier molecular flexibility index (Phi) is 2.98. The van der Waals surface area contributed by atoms with Gasteiger partial charge in [-0.25, -0.2) is 4.39 Å². The van der Waals surface area contributed by atoms with Crippen molar-refractivity contribution in [2.75, 3.05) is 0 Å². The van der Waals surface area contributed by atoms with Crippen molar-refractivity contribution in [3.63, 3.8) is 0 Å². The summed E-state index contributed by atoms with van der Waals surface area (Å²) in [6.07, 6.45) is 0. The number of rotatable bonds is 3. The quantitative estimate of drug-likeness (QED) is 0.618. The van der Waals surface area contributed by atoms with Gasteiger partial charge in [-0.15, -0.1) is 0 Å². The average Bonchev–Trinajstić information content (AvgIpc) is 2.06. The van der Waals surface area contributed by atoms with Crippen LogP contribution in [0, 0.1) is 5.82 Å². The Labute approximate surface area is 84.6 Å². The minimum atomic E-state index is -5.35. The van der Waals surface area contributed by atoms with E-state index < -0.39 is 29.9 Å². The van der Waals surface area contributed by atoms with Crippen LogP contribution < -0.4 is 4.18 Å². The van der Waals surface area contributed by atoms with Gasteiger partial charge in [-0.05, 0) is 24.3 Å². The molecule has 0 unspecified atom stereocenters. The number of halogens is 1. The molecular formula is C6H5FO6S2. The Balaban J connectivity index is 3.03. The van der Waals surface area contributed by atoms with E-state index in [4.69, 9.17) is 4.55 Å². The Hall–Kier alpha value is -1.19. The summed E-state index contributed by atoms with van der Waals surface area (Å²) in [5, 5.41) is 0. The second-order valence-corrected chi connectivity index (χ2v) is 6.70. The highest BCUT2D eigenvalue weighted by molar-refractivity contribution is 8.63. The second-order valence-electron chi connectivity index (χ2n) is 2.37. The average molecular weight is 256 g/mol. The molecule has 6 nitrogen and oxygen atoms in total. The van der Waals surface area contributed by atoms with Crippen LogP contribution in [0.2, 0.25) is 0 Å². The number of hydrogen-bond donors (Lipinski definition) is 1. The van der Waals surface area contributed by atoms with Gasteiger partial charge >= 0.3 is 18.3 Å². The van der Waals surface area contributed by atoms with Gasteiger partial charge in [0.05, 0.1) is 0 Å². The highest BCUT2D eigenvalue weighted by atomic mass is 33.2. The molecule has 1 aromatic rings. The molecule has 0 heterocycles.